The molecule has 6 heteroatoms. The summed E-state index contributed by atoms with van der Waals surface area (Å²) in [7, 11) is 0. The summed E-state index contributed by atoms with van der Waals surface area (Å²) in [5.41, 5.74) is 6.20. The van der Waals surface area contributed by atoms with Gasteiger partial charge in [-0.05, 0) is 31.9 Å². The van der Waals surface area contributed by atoms with Crippen molar-refractivity contribution in [2.45, 2.75) is 25.3 Å². The zero-order chi connectivity index (χ0) is 14.4. The molecule has 106 valence electrons. The molecule has 0 aliphatic carbocycles. The van der Waals surface area contributed by atoms with Crippen molar-refractivity contribution >= 4 is 22.8 Å². The summed E-state index contributed by atoms with van der Waals surface area (Å²) < 4.78 is 0. The van der Waals surface area contributed by atoms with Gasteiger partial charge in [-0.2, -0.15) is 0 Å². The van der Waals surface area contributed by atoms with Crippen LogP contribution >= 0.6 is 0 Å². The van der Waals surface area contributed by atoms with Gasteiger partial charge < -0.3 is 16.2 Å². The fraction of sp³-hybridized carbons (Fsp3) is 0.357. The van der Waals surface area contributed by atoms with Crippen LogP contribution in [0.4, 0.5) is 5.95 Å². The molecule has 0 saturated carbocycles. The molecule has 0 unspecified atom stereocenters. The maximum absolute atomic E-state index is 11.2. The maximum Gasteiger partial charge on any atom is 0.326 e. The second-order valence-electron chi connectivity index (χ2n) is 4.57. The molecule has 20 heavy (non-hydrogen) atoms. The van der Waals surface area contributed by atoms with Crippen molar-refractivity contribution in [3.05, 3.63) is 30.5 Å². The zero-order valence-electron chi connectivity index (χ0n) is 11.1. The SMILES string of the molecule is NCCCC[C@H](Nc1ncc2ccccc2n1)C(=O)O. The van der Waals surface area contributed by atoms with E-state index in [1.807, 2.05) is 24.3 Å². The van der Waals surface area contributed by atoms with Gasteiger partial charge in [-0.25, -0.2) is 14.8 Å². The van der Waals surface area contributed by atoms with Crippen molar-refractivity contribution in [1.29, 1.82) is 0 Å². The van der Waals surface area contributed by atoms with Crippen LogP contribution in [0.5, 0.6) is 0 Å². The minimum atomic E-state index is -0.904. The van der Waals surface area contributed by atoms with Crippen LogP contribution in [0, 0.1) is 0 Å². The van der Waals surface area contributed by atoms with Crippen LogP contribution < -0.4 is 11.1 Å². The number of anilines is 1. The molecular weight excluding hydrogens is 256 g/mol. The van der Waals surface area contributed by atoms with E-state index in [0.717, 1.165) is 23.7 Å². The number of carboxylic acids is 1. The average Bonchev–Trinajstić information content (AvgIpc) is 2.46. The molecular formula is C14H18N4O2. The molecule has 0 bridgehead atoms. The Labute approximate surface area is 117 Å². The van der Waals surface area contributed by atoms with E-state index in [2.05, 4.69) is 15.3 Å². The molecule has 0 radical (unpaired) electrons. The molecule has 1 atom stereocenters. The number of nitrogens with two attached hydrogens (primary N) is 1. The largest absolute Gasteiger partial charge is 0.480 e. The third-order valence-electron chi connectivity index (χ3n) is 3.04. The number of unbranched alkanes of at least 4 members (excludes halogenated alkanes) is 1. The molecule has 6 nitrogen and oxygen atoms in total. The number of benzene rings is 1. The smallest absolute Gasteiger partial charge is 0.326 e. The summed E-state index contributed by atoms with van der Waals surface area (Å²) in [6, 6.07) is 6.88. The lowest BCUT2D eigenvalue weighted by Gasteiger charge is -2.14. The van der Waals surface area contributed by atoms with E-state index in [-0.39, 0.29) is 0 Å². The van der Waals surface area contributed by atoms with Gasteiger partial charge in [0, 0.05) is 11.6 Å². The molecule has 1 heterocycles. The summed E-state index contributed by atoms with van der Waals surface area (Å²) in [6.45, 7) is 0.568. The number of fused-ring (bicyclic) bond motifs is 1. The van der Waals surface area contributed by atoms with Crippen LogP contribution in [0.15, 0.2) is 30.5 Å². The van der Waals surface area contributed by atoms with E-state index in [9.17, 15) is 9.90 Å². The third-order valence-corrected chi connectivity index (χ3v) is 3.04. The number of hydrogen-bond acceptors (Lipinski definition) is 5. The standard InChI is InChI=1S/C14H18N4O2/c15-8-4-3-7-12(13(19)20)18-14-16-9-10-5-1-2-6-11(10)17-14/h1-2,5-6,9,12H,3-4,7-8,15H2,(H,19,20)(H,16,17,18)/t12-/m0/s1. The first-order valence-corrected chi connectivity index (χ1v) is 6.62. The first kappa shape index (κ1) is 14.2. The zero-order valence-corrected chi connectivity index (χ0v) is 11.1. The highest BCUT2D eigenvalue weighted by Crippen LogP contribution is 2.13. The second-order valence-corrected chi connectivity index (χ2v) is 4.57. The first-order chi connectivity index (χ1) is 9.70. The molecule has 0 aliphatic heterocycles. The van der Waals surface area contributed by atoms with Crippen molar-refractivity contribution in [2.24, 2.45) is 5.73 Å². The lowest BCUT2D eigenvalue weighted by molar-refractivity contribution is -0.138. The fourth-order valence-corrected chi connectivity index (χ4v) is 1.95. The number of nitrogens with zero attached hydrogens (tertiary/aromatic N) is 2. The summed E-state index contributed by atoms with van der Waals surface area (Å²) in [4.78, 5) is 19.7. The van der Waals surface area contributed by atoms with Crippen LogP contribution in [-0.4, -0.2) is 33.6 Å². The number of hydrogen-bond donors (Lipinski definition) is 3. The van der Waals surface area contributed by atoms with Crippen LogP contribution in [0.2, 0.25) is 0 Å². The third kappa shape index (κ3) is 3.64. The number of aromatic nitrogens is 2. The monoisotopic (exact) mass is 274 g/mol. The number of nitrogens with one attached hydrogen (secondary N) is 1. The van der Waals surface area contributed by atoms with E-state index in [1.54, 1.807) is 6.20 Å². The van der Waals surface area contributed by atoms with Crippen LogP contribution in [-0.2, 0) is 4.79 Å². The molecule has 1 aromatic carbocycles. The minimum Gasteiger partial charge on any atom is -0.480 e. The van der Waals surface area contributed by atoms with E-state index < -0.39 is 12.0 Å². The molecule has 0 aliphatic rings. The van der Waals surface area contributed by atoms with Gasteiger partial charge in [0.05, 0.1) is 5.52 Å². The quantitative estimate of drug-likeness (QED) is 0.663. The Morgan fingerprint density at radius 3 is 2.90 bits per heavy atom. The van der Waals surface area contributed by atoms with Gasteiger partial charge in [0.25, 0.3) is 0 Å². The Morgan fingerprint density at radius 1 is 1.35 bits per heavy atom. The van der Waals surface area contributed by atoms with E-state index >= 15 is 0 Å². The van der Waals surface area contributed by atoms with Crippen LogP contribution in [0.3, 0.4) is 0 Å². The summed E-state index contributed by atoms with van der Waals surface area (Å²) in [6.07, 6.45) is 3.75. The summed E-state index contributed by atoms with van der Waals surface area (Å²) >= 11 is 0. The topological polar surface area (TPSA) is 101 Å². The molecule has 2 rings (SSSR count). The maximum atomic E-state index is 11.2. The van der Waals surface area contributed by atoms with E-state index in [0.29, 0.717) is 18.9 Å². The lowest BCUT2D eigenvalue weighted by Crippen LogP contribution is -2.30. The normalized spacial score (nSPS) is 12.2. The Morgan fingerprint density at radius 2 is 2.15 bits per heavy atom. The Hall–Kier alpha value is -2.21. The Kier molecular flexibility index (Phi) is 4.84. The van der Waals surface area contributed by atoms with Crippen molar-refractivity contribution in [3.63, 3.8) is 0 Å². The first-order valence-electron chi connectivity index (χ1n) is 6.62. The Balaban J connectivity index is 2.09. The van der Waals surface area contributed by atoms with Crippen molar-refractivity contribution in [1.82, 2.24) is 9.97 Å². The van der Waals surface area contributed by atoms with Crippen molar-refractivity contribution < 1.29 is 9.90 Å². The van der Waals surface area contributed by atoms with Crippen molar-refractivity contribution in [3.8, 4) is 0 Å². The van der Waals surface area contributed by atoms with E-state index in [4.69, 9.17) is 5.73 Å². The molecule has 0 fully saturated rings. The number of rotatable bonds is 7. The van der Waals surface area contributed by atoms with Gasteiger partial charge in [-0.1, -0.05) is 18.2 Å². The number of para-hydroxylation sites is 1. The van der Waals surface area contributed by atoms with Crippen LogP contribution in [0.1, 0.15) is 19.3 Å². The number of carboxylic acid groups (broad SMARTS) is 1. The summed E-state index contributed by atoms with van der Waals surface area (Å²) in [5, 5.41) is 13.0. The molecule has 0 spiro atoms. The predicted octanol–water partition coefficient (Wildman–Crippen LogP) is 1.62. The van der Waals surface area contributed by atoms with Gasteiger partial charge in [0.1, 0.15) is 6.04 Å². The molecule has 0 saturated heterocycles. The highest BCUT2D eigenvalue weighted by Gasteiger charge is 2.17. The highest BCUT2D eigenvalue weighted by atomic mass is 16.4. The minimum absolute atomic E-state index is 0.337. The lowest BCUT2D eigenvalue weighted by atomic mass is 10.1. The highest BCUT2D eigenvalue weighted by molar-refractivity contribution is 5.80. The molecule has 4 N–H and O–H groups in total. The van der Waals surface area contributed by atoms with E-state index in [1.165, 1.54) is 0 Å². The van der Waals surface area contributed by atoms with Crippen LogP contribution in [0.25, 0.3) is 10.9 Å². The van der Waals surface area contributed by atoms with Gasteiger partial charge in [0.15, 0.2) is 0 Å². The number of carbonyl (C=O) groups is 1. The van der Waals surface area contributed by atoms with Gasteiger partial charge >= 0.3 is 5.97 Å². The van der Waals surface area contributed by atoms with Gasteiger partial charge in [-0.3, -0.25) is 0 Å². The second kappa shape index (κ2) is 6.81. The molecule has 1 aromatic heterocycles. The van der Waals surface area contributed by atoms with Crippen molar-refractivity contribution in [2.75, 3.05) is 11.9 Å². The predicted molar refractivity (Wildman–Crippen MR) is 77.5 cm³/mol. The summed E-state index contributed by atoms with van der Waals surface area (Å²) in [5.74, 6) is -0.567. The van der Waals surface area contributed by atoms with Gasteiger partial charge in [0.2, 0.25) is 5.95 Å². The number of aliphatic carboxylic acids is 1. The molecule has 0 amide bonds. The Bertz CT molecular complexity index is 588. The fourth-order valence-electron chi connectivity index (χ4n) is 1.95. The van der Waals surface area contributed by atoms with Gasteiger partial charge in [-0.15, -0.1) is 0 Å². The average molecular weight is 274 g/mol. The molecule has 2 aromatic rings.